The van der Waals surface area contributed by atoms with Gasteiger partial charge in [-0.05, 0) is 55.3 Å². The number of phenols is 1. The minimum atomic E-state index is -0.500. The number of halogens is 1. The number of thioether (sulfide) groups is 1. The quantitative estimate of drug-likeness (QED) is 0.754. The number of aromatic hydroxyl groups is 1. The number of aryl methyl sites for hydroxylation is 1. The zero-order valence-corrected chi connectivity index (χ0v) is 16.0. The van der Waals surface area contributed by atoms with E-state index in [1.807, 2.05) is 0 Å². The number of nitrogens with zero attached hydrogens (tertiary/aromatic N) is 2. The van der Waals surface area contributed by atoms with Gasteiger partial charge in [-0.25, -0.2) is 0 Å². The Labute approximate surface area is 158 Å². The molecular weight excluding hydrogens is 408 g/mol. The van der Waals surface area contributed by atoms with E-state index in [1.165, 1.54) is 6.08 Å². The van der Waals surface area contributed by atoms with Crippen molar-refractivity contribution in [3.8, 4) is 5.75 Å². The number of amides is 3. The molecular formula is C17H17BrN2O4S. The molecule has 8 heteroatoms. The molecule has 2 fully saturated rings. The third-order valence-electron chi connectivity index (χ3n) is 4.21. The van der Waals surface area contributed by atoms with Gasteiger partial charge in [-0.3, -0.25) is 19.3 Å². The Morgan fingerprint density at radius 3 is 2.68 bits per heavy atom. The second-order valence-electron chi connectivity index (χ2n) is 6.02. The van der Waals surface area contributed by atoms with Crippen molar-refractivity contribution in [2.45, 2.75) is 19.8 Å². The van der Waals surface area contributed by atoms with Gasteiger partial charge in [0.1, 0.15) is 12.3 Å². The van der Waals surface area contributed by atoms with E-state index in [0.29, 0.717) is 24.2 Å². The Hall–Kier alpha value is -1.80. The molecule has 0 unspecified atom stereocenters. The molecule has 0 bridgehead atoms. The van der Waals surface area contributed by atoms with Crippen LogP contribution >= 0.6 is 27.7 Å². The van der Waals surface area contributed by atoms with Gasteiger partial charge in [-0.1, -0.05) is 15.9 Å². The molecule has 0 aliphatic carbocycles. The van der Waals surface area contributed by atoms with Crippen molar-refractivity contribution in [2.75, 3.05) is 19.6 Å². The molecule has 2 heterocycles. The van der Waals surface area contributed by atoms with Crippen LogP contribution in [0.5, 0.6) is 5.75 Å². The van der Waals surface area contributed by atoms with E-state index < -0.39 is 11.1 Å². The van der Waals surface area contributed by atoms with Crippen LogP contribution in [0.2, 0.25) is 0 Å². The minimum absolute atomic E-state index is 0.0585. The largest absolute Gasteiger partial charge is 0.507 e. The number of hydrogen-bond donors (Lipinski definition) is 1. The third kappa shape index (κ3) is 3.74. The standard InChI is InChI=1S/C17H17BrN2O4S/c1-10-6-12(18)7-11(15(10)22)8-13-16(23)20(17(24)25-13)9-14(21)19-4-2-3-5-19/h6-8,22H,2-5,9H2,1H3/b13-8+. The molecule has 1 aromatic carbocycles. The van der Waals surface area contributed by atoms with E-state index in [-0.39, 0.29) is 23.1 Å². The predicted molar refractivity (Wildman–Crippen MR) is 99.0 cm³/mol. The average Bonchev–Trinajstić information content (AvgIpc) is 3.17. The third-order valence-corrected chi connectivity index (χ3v) is 5.57. The van der Waals surface area contributed by atoms with Gasteiger partial charge in [-0.15, -0.1) is 0 Å². The number of carbonyl (C=O) groups is 3. The van der Waals surface area contributed by atoms with Gasteiger partial charge in [0, 0.05) is 23.1 Å². The van der Waals surface area contributed by atoms with Crippen molar-refractivity contribution < 1.29 is 19.5 Å². The van der Waals surface area contributed by atoms with Crippen LogP contribution in [-0.4, -0.2) is 51.6 Å². The van der Waals surface area contributed by atoms with Crippen molar-refractivity contribution in [3.63, 3.8) is 0 Å². The van der Waals surface area contributed by atoms with Crippen LogP contribution in [0.15, 0.2) is 21.5 Å². The first-order valence-electron chi connectivity index (χ1n) is 7.89. The van der Waals surface area contributed by atoms with Crippen LogP contribution in [0.3, 0.4) is 0 Å². The second-order valence-corrected chi connectivity index (χ2v) is 7.93. The molecule has 1 N–H and O–H groups in total. The van der Waals surface area contributed by atoms with Crippen LogP contribution in [0.4, 0.5) is 4.79 Å². The molecule has 3 amide bonds. The van der Waals surface area contributed by atoms with Crippen LogP contribution in [0, 0.1) is 6.92 Å². The number of likely N-dealkylation sites (tertiary alicyclic amines) is 1. The number of rotatable bonds is 3. The number of carbonyl (C=O) groups excluding carboxylic acids is 3. The monoisotopic (exact) mass is 424 g/mol. The molecule has 25 heavy (non-hydrogen) atoms. The lowest BCUT2D eigenvalue weighted by Crippen LogP contribution is -2.40. The minimum Gasteiger partial charge on any atom is -0.507 e. The lowest BCUT2D eigenvalue weighted by molar-refractivity contribution is -0.135. The summed E-state index contributed by atoms with van der Waals surface area (Å²) in [6, 6.07) is 3.43. The molecule has 0 aromatic heterocycles. The lowest BCUT2D eigenvalue weighted by atomic mass is 10.1. The first-order valence-corrected chi connectivity index (χ1v) is 9.50. The Morgan fingerprint density at radius 1 is 1.32 bits per heavy atom. The number of phenolic OH excluding ortho intramolecular Hbond substituents is 1. The molecule has 0 spiro atoms. The molecule has 2 aliphatic rings. The Bertz CT molecular complexity index is 787. The normalized spacial score (nSPS) is 19.4. The molecule has 6 nitrogen and oxygen atoms in total. The average molecular weight is 425 g/mol. The highest BCUT2D eigenvalue weighted by molar-refractivity contribution is 9.10. The zero-order chi connectivity index (χ0) is 18.1. The number of imide groups is 1. The molecule has 0 atom stereocenters. The molecule has 0 saturated carbocycles. The number of hydrogen-bond acceptors (Lipinski definition) is 5. The van der Waals surface area contributed by atoms with Crippen molar-refractivity contribution in [1.82, 2.24) is 9.80 Å². The molecule has 0 radical (unpaired) electrons. The summed E-state index contributed by atoms with van der Waals surface area (Å²) in [6.07, 6.45) is 3.39. The lowest BCUT2D eigenvalue weighted by Gasteiger charge is -2.18. The summed E-state index contributed by atoms with van der Waals surface area (Å²) < 4.78 is 0.762. The maximum Gasteiger partial charge on any atom is 0.294 e. The topological polar surface area (TPSA) is 77.9 Å². The molecule has 2 saturated heterocycles. The summed E-state index contributed by atoms with van der Waals surface area (Å²) in [4.78, 5) is 39.7. The van der Waals surface area contributed by atoms with Gasteiger partial charge in [0.2, 0.25) is 5.91 Å². The van der Waals surface area contributed by atoms with Gasteiger partial charge >= 0.3 is 0 Å². The smallest absolute Gasteiger partial charge is 0.294 e. The van der Waals surface area contributed by atoms with Crippen LogP contribution in [-0.2, 0) is 9.59 Å². The zero-order valence-electron chi connectivity index (χ0n) is 13.6. The highest BCUT2D eigenvalue weighted by atomic mass is 79.9. The molecule has 1 aromatic rings. The highest BCUT2D eigenvalue weighted by Gasteiger charge is 2.37. The molecule has 2 aliphatic heterocycles. The van der Waals surface area contributed by atoms with E-state index in [4.69, 9.17) is 0 Å². The Kier molecular flexibility index (Phi) is 5.19. The van der Waals surface area contributed by atoms with E-state index >= 15 is 0 Å². The predicted octanol–water partition coefficient (Wildman–Crippen LogP) is 3.12. The van der Waals surface area contributed by atoms with Crippen molar-refractivity contribution in [3.05, 3.63) is 32.6 Å². The summed E-state index contributed by atoms with van der Waals surface area (Å²) in [5, 5.41) is 9.68. The fraction of sp³-hybridized carbons (Fsp3) is 0.353. The fourth-order valence-electron chi connectivity index (χ4n) is 2.85. The van der Waals surface area contributed by atoms with Gasteiger partial charge in [0.25, 0.3) is 11.1 Å². The second kappa shape index (κ2) is 7.21. The summed E-state index contributed by atoms with van der Waals surface area (Å²) in [5.74, 6) is -0.648. The van der Waals surface area contributed by atoms with Crippen molar-refractivity contribution >= 4 is 50.8 Å². The Morgan fingerprint density at radius 2 is 2.00 bits per heavy atom. The van der Waals surface area contributed by atoms with Crippen LogP contribution < -0.4 is 0 Å². The Balaban J connectivity index is 1.80. The summed E-state index contributed by atoms with van der Waals surface area (Å²) in [5.41, 5.74) is 1.10. The van der Waals surface area contributed by atoms with Crippen molar-refractivity contribution in [1.29, 1.82) is 0 Å². The molecule has 132 valence electrons. The van der Waals surface area contributed by atoms with Gasteiger partial charge in [0.05, 0.1) is 4.91 Å². The van der Waals surface area contributed by atoms with Gasteiger partial charge in [-0.2, -0.15) is 0 Å². The van der Waals surface area contributed by atoms with Crippen molar-refractivity contribution in [2.24, 2.45) is 0 Å². The summed E-state index contributed by atoms with van der Waals surface area (Å²) >= 11 is 4.13. The van der Waals surface area contributed by atoms with Crippen LogP contribution in [0.25, 0.3) is 6.08 Å². The highest BCUT2D eigenvalue weighted by Crippen LogP contribution is 2.35. The number of benzene rings is 1. The summed E-state index contributed by atoms with van der Waals surface area (Å²) in [7, 11) is 0. The SMILES string of the molecule is Cc1cc(Br)cc(/C=C2/SC(=O)N(CC(=O)N3CCCC3)C2=O)c1O. The van der Waals surface area contributed by atoms with E-state index in [0.717, 1.165) is 34.0 Å². The summed E-state index contributed by atoms with van der Waals surface area (Å²) in [6.45, 7) is 2.87. The van der Waals surface area contributed by atoms with E-state index in [9.17, 15) is 19.5 Å². The maximum absolute atomic E-state index is 12.5. The fourth-order valence-corrected chi connectivity index (χ4v) is 4.27. The first kappa shape index (κ1) is 18.0. The van der Waals surface area contributed by atoms with E-state index in [1.54, 1.807) is 24.0 Å². The van der Waals surface area contributed by atoms with Gasteiger partial charge < -0.3 is 10.0 Å². The maximum atomic E-state index is 12.5. The molecule has 3 rings (SSSR count). The first-order chi connectivity index (χ1) is 11.9. The van der Waals surface area contributed by atoms with E-state index in [2.05, 4.69) is 15.9 Å². The van der Waals surface area contributed by atoms with Crippen LogP contribution in [0.1, 0.15) is 24.0 Å². The van der Waals surface area contributed by atoms with Gasteiger partial charge in [0.15, 0.2) is 0 Å².